The van der Waals surface area contributed by atoms with E-state index in [0.717, 1.165) is 0 Å². The molecule has 0 aliphatic rings. The van der Waals surface area contributed by atoms with Crippen LogP contribution in [0.5, 0.6) is 0 Å². The number of amides is 1. The zero-order valence-electron chi connectivity index (χ0n) is 7.99. The van der Waals surface area contributed by atoms with Crippen molar-refractivity contribution >= 4 is 11.9 Å². The van der Waals surface area contributed by atoms with Crippen LogP contribution in [-0.4, -0.2) is 41.0 Å². The SMILES string of the molecule is CCN(CC(N)=O)C(C)CC(=O)O. The summed E-state index contributed by atoms with van der Waals surface area (Å²) in [6.07, 6.45) is 0.0289. The van der Waals surface area contributed by atoms with Gasteiger partial charge in [0.25, 0.3) is 0 Å². The Balaban J connectivity index is 4.06. The van der Waals surface area contributed by atoms with Gasteiger partial charge < -0.3 is 10.8 Å². The number of nitrogens with zero attached hydrogens (tertiary/aromatic N) is 1. The lowest BCUT2D eigenvalue weighted by Crippen LogP contribution is -2.40. The van der Waals surface area contributed by atoms with Gasteiger partial charge in [-0.1, -0.05) is 6.92 Å². The van der Waals surface area contributed by atoms with Crippen LogP contribution in [0.1, 0.15) is 20.3 Å². The van der Waals surface area contributed by atoms with Crippen LogP contribution in [0.15, 0.2) is 0 Å². The molecule has 0 heterocycles. The van der Waals surface area contributed by atoms with Crippen molar-refractivity contribution in [2.24, 2.45) is 5.73 Å². The van der Waals surface area contributed by atoms with Gasteiger partial charge in [0.1, 0.15) is 0 Å². The maximum Gasteiger partial charge on any atom is 0.304 e. The normalized spacial score (nSPS) is 12.8. The number of nitrogens with two attached hydrogens (primary N) is 1. The van der Waals surface area contributed by atoms with Crippen molar-refractivity contribution in [1.82, 2.24) is 4.90 Å². The Kier molecular flexibility index (Phi) is 5.06. The molecule has 0 fully saturated rings. The summed E-state index contributed by atoms with van der Waals surface area (Å²) in [5.41, 5.74) is 5.01. The molecule has 0 spiro atoms. The van der Waals surface area contributed by atoms with E-state index in [0.29, 0.717) is 6.54 Å². The van der Waals surface area contributed by atoms with Crippen LogP contribution in [0, 0.1) is 0 Å². The number of rotatable bonds is 6. The van der Waals surface area contributed by atoms with Gasteiger partial charge in [-0.25, -0.2) is 0 Å². The Bertz CT molecular complexity index is 194. The number of primary amides is 1. The maximum atomic E-state index is 10.6. The summed E-state index contributed by atoms with van der Waals surface area (Å²) >= 11 is 0. The molecule has 0 aliphatic carbocycles. The molecule has 1 amide bonds. The molecule has 0 radical (unpaired) electrons. The fourth-order valence-corrected chi connectivity index (χ4v) is 1.16. The van der Waals surface area contributed by atoms with E-state index in [1.165, 1.54) is 0 Å². The van der Waals surface area contributed by atoms with E-state index < -0.39 is 11.9 Å². The molecule has 0 aromatic rings. The Hall–Kier alpha value is -1.10. The minimum Gasteiger partial charge on any atom is -0.481 e. The molecule has 0 aromatic carbocycles. The van der Waals surface area contributed by atoms with E-state index in [2.05, 4.69) is 0 Å². The maximum absolute atomic E-state index is 10.6. The number of aliphatic carboxylic acids is 1. The second-order valence-electron chi connectivity index (χ2n) is 2.98. The molecule has 1 unspecified atom stereocenters. The van der Waals surface area contributed by atoms with Crippen molar-refractivity contribution in [1.29, 1.82) is 0 Å². The molecule has 5 nitrogen and oxygen atoms in total. The quantitative estimate of drug-likeness (QED) is 0.597. The Labute approximate surface area is 77.5 Å². The summed E-state index contributed by atoms with van der Waals surface area (Å²) < 4.78 is 0. The minimum atomic E-state index is -0.865. The van der Waals surface area contributed by atoms with Crippen molar-refractivity contribution in [3.05, 3.63) is 0 Å². The van der Waals surface area contributed by atoms with Gasteiger partial charge in [0.15, 0.2) is 0 Å². The second kappa shape index (κ2) is 5.53. The van der Waals surface area contributed by atoms with Crippen LogP contribution in [0.3, 0.4) is 0 Å². The predicted octanol–water partition coefficient (Wildman–Crippen LogP) is -0.343. The highest BCUT2D eigenvalue weighted by molar-refractivity contribution is 5.76. The average Bonchev–Trinajstić information content (AvgIpc) is 1.98. The van der Waals surface area contributed by atoms with Gasteiger partial charge in [-0.2, -0.15) is 0 Å². The van der Waals surface area contributed by atoms with Crippen LogP contribution in [0.2, 0.25) is 0 Å². The molecule has 0 rings (SSSR count). The van der Waals surface area contributed by atoms with Gasteiger partial charge in [0, 0.05) is 6.04 Å². The lowest BCUT2D eigenvalue weighted by atomic mass is 10.2. The third kappa shape index (κ3) is 5.19. The fourth-order valence-electron chi connectivity index (χ4n) is 1.16. The van der Waals surface area contributed by atoms with Crippen LogP contribution < -0.4 is 5.73 Å². The molecular formula is C8H16N2O3. The van der Waals surface area contributed by atoms with Gasteiger partial charge in [-0.05, 0) is 13.5 Å². The summed E-state index contributed by atoms with van der Waals surface area (Å²) in [6.45, 7) is 4.37. The fraction of sp³-hybridized carbons (Fsp3) is 0.750. The third-order valence-corrected chi connectivity index (χ3v) is 1.86. The molecular weight excluding hydrogens is 172 g/mol. The van der Waals surface area contributed by atoms with Gasteiger partial charge >= 0.3 is 5.97 Å². The first-order chi connectivity index (χ1) is 5.97. The van der Waals surface area contributed by atoms with Crippen LogP contribution in [0.4, 0.5) is 0 Å². The molecule has 1 atom stereocenters. The molecule has 5 heteroatoms. The first-order valence-corrected chi connectivity index (χ1v) is 4.21. The summed E-state index contributed by atoms with van der Waals surface area (Å²) in [5, 5.41) is 8.52. The summed E-state index contributed by atoms with van der Waals surface area (Å²) in [5.74, 6) is -1.30. The van der Waals surface area contributed by atoms with Crippen LogP contribution in [-0.2, 0) is 9.59 Å². The molecule has 0 aliphatic heterocycles. The van der Waals surface area contributed by atoms with E-state index in [-0.39, 0.29) is 19.0 Å². The van der Waals surface area contributed by atoms with Crippen LogP contribution in [0.25, 0.3) is 0 Å². The Morgan fingerprint density at radius 1 is 1.54 bits per heavy atom. The standard InChI is InChI=1S/C8H16N2O3/c1-3-10(5-7(9)11)6(2)4-8(12)13/h6H,3-5H2,1-2H3,(H2,9,11)(H,12,13). The second-order valence-corrected chi connectivity index (χ2v) is 2.98. The van der Waals surface area contributed by atoms with Gasteiger partial charge in [-0.15, -0.1) is 0 Å². The third-order valence-electron chi connectivity index (χ3n) is 1.86. The average molecular weight is 188 g/mol. The number of carboxylic acids is 1. The van der Waals surface area contributed by atoms with Gasteiger partial charge in [0.2, 0.25) is 5.91 Å². The van der Waals surface area contributed by atoms with E-state index >= 15 is 0 Å². The zero-order valence-corrected chi connectivity index (χ0v) is 7.99. The highest BCUT2D eigenvalue weighted by atomic mass is 16.4. The lowest BCUT2D eigenvalue weighted by molar-refractivity contribution is -0.138. The number of carboxylic acid groups (broad SMARTS) is 1. The molecule has 3 N–H and O–H groups in total. The molecule has 0 bridgehead atoms. The van der Waals surface area contributed by atoms with Crippen molar-refractivity contribution in [3.8, 4) is 0 Å². The highest BCUT2D eigenvalue weighted by Gasteiger charge is 2.16. The smallest absolute Gasteiger partial charge is 0.304 e. The van der Waals surface area contributed by atoms with Crippen molar-refractivity contribution < 1.29 is 14.7 Å². The Morgan fingerprint density at radius 2 is 2.08 bits per heavy atom. The largest absolute Gasteiger partial charge is 0.481 e. The Morgan fingerprint density at radius 3 is 2.38 bits per heavy atom. The molecule has 0 saturated carbocycles. The number of hydrogen-bond donors (Lipinski definition) is 2. The van der Waals surface area contributed by atoms with Gasteiger partial charge in [0.05, 0.1) is 13.0 Å². The summed E-state index contributed by atoms with van der Waals surface area (Å²) in [7, 11) is 0. The number of hydrogen-bond acceptors (Lipinski definition) is 3. The van der Waals surface area contributed by atoms with E-state index in [1.54, 1.807) is 11.8 Å². The van der Waals surface area contributed by atoms with Crippen molar-refractivity contribution in [2.45, 2.75) is 26.3 Å². The summed E-state index contributed by atoms with van der Waals surface area (Å²) in [4.78, 5) is 22.7. The monoisotopic (exact) mass is 188 g/mol. The highest BCUT2D eigenvalue weighted by Crippen LogP contribution is 2.02. The molecule has 0 saturated heterocycles. The van der Waals surface area contributed by atoms with Crippen molar-refractivity contribution in [3.63, 3.8) is 0 Å². The van der Waals surface area contributed by atoms with Crippen LogP contribution >= 0.6 is 0 Å². The van der Waals surface area contributed by atoms with Gasteiger partial charge in [-0.3, -0.25) is 14.5 Å². The number of carbonyl (C=O) groups is 2. The first-order valence-electron chi connectivity index (χ1n) is 4.21. The minimum absolute atomic E-state index is 0.0289. The topological polar surface area (TPSA) is 83.6 Å². The molecule has 13 heavy (non-hydrogen) atoms. The van der Waals surface area contributed by atoms with E-state index in [4.69, 9.17) is 10.8 Å². The lowest BCUT2D eigenvalue weighted by Gasteiger charge is -2.24. The molecule has 0 aromatic heterocycles. The predicted molar refractivity (Wildman–Crippen MR) is 48.2 cm³/mol. The number of carbonyl (C=O) groups excluding carboxylic acids is 1. The number of likely N-dealkylation sites (N-methyl/N-ethyl adjacent to an activating group) is 1. The summed E-state index contributed by atoms with van der Waals surface area (Å²) in [6, 6.07) is -0.157. The van der Waals surface area contributed by atoms with Crippen molar-refractivity contribution in [2.75, 3.05) is 13.1 Å². The van der Waals surface area contributed by atoms with E-state index in [9.17, 15) is 9.59 Å². The van der Waals surface area contributed by atoms with E-state index in [1.807, 2.05) is 6.92 Å². The zero-order chi connectivity index (χ0) is 10.4. The molecule has 76 valence electrons. The first kappa shape index (κ1) is 11.9.